The molecule has 0 fully saturated rings. The smallest absolute Gasteiger partial charge is 0.0761 e. The fourth-order valence-corrected chi connectivity index (χ4v) is 2.74. The number of hydrogen-bond acceptors (Lipinski definition) is 2. The second kappa shape index (κ2) is 5.59. The van der Waals surface area contributed by atoms with Crippen molar-refractivity contribution in [1.29, 1.82) is 0 Å². The third-order valence-electron chi connectivity index (χ3n) is 2.92. The van der Waals surface area contributed by atoms with Crippen molar-refractivity contribution in [3.05, 3.63) is 59.2 Å². The van der Waals surface area contributed by atoms with Crippen molar-refractivity contribution in [1.82, 2.24) is 0 Å². The summed E-state index contributed by atoms with van der Waals surface area (Å²) in [5.74, 6) is 0. The topological polar surface area (TPSA) is 20.2 Å². The lowest BCUT2D eigenvalue weighted by molar-refractivity contribution is 0.199. The van der Waals surface area contributed by atoms with E-state index in [-0.39, 0.29) is 0 Å². The standard InChI is InChI=1S/C16H18OS/c1-11-4-9-16(12(2)10-11)18-15-7-5-14(6-8-15)13(3)17/h4-10,13,17H,1-3H3/t13-/m0/s1. The van der Waals surface area contributed by atoms with E-state index in [2.05, 4.69) is 44.2 Å². The summed E-state index contributed by atoms with van der Waals surface area (Å²) in [5, 5.41) is 9.47. The van der Waals surface area contributed by atoms with Gasteiger partial charge >= 0.3 is 0 Å². The maximum Gasteiger partial charge on any atom is 0.0761 e. The average Bonchev–Trinajstić information content (AvgIpc) is 2.33. The van der Waals surface area contributed by atoms with E-state index in [0.717, 1.165) is 5.56 Å². The zero-order valence-corrected chi connectivity index (χ0v) is 11.8. The van der Waals surface area contributed by atoms with Gasteiger partial charge in [-0.3, -0.25) is 0 Å². The quantitative estimate of drug-likeness (QED) is 0.874. The lowest BCUT2D eigenvalue weighted by Gasteiger charge is -2.08. The van der Waals surface area contributed by atoms with Crippen molar-refractivity contribution in [3.63, 3.8) is 0 Å². The summed E-state index contributed by atoms with van der Waals surface area (Å²) in [7, 11) is 0. The zero-order chi connectivity index (χ0) is 13.1. The van der Waals surface area contributed by atoms with Crippen molar-refractivity contribution in [2.75, 3.05) is 0 Å². The Hall–Kier alpha value is -1.25. The number of hydrogen-bond donors (Lipinski definition) is 1. The van der Waals surface area contributed by atoms with Crippen LogP contribution in [0.1, 0.15) is 29.7 Å². The Morgan fingerprint density at radius 3 is 2.22 bits per heavy atom. The molecule has 0 aliphatic rings. The predicted octanol–water partition coefficient (Wildman–Crippen LogP) is 4.51. The average molecular weight is 258 g/mol. The van der Waals surface area contributed by atoms with E-state index in [1.54, 1.807) is 18.7 Å². The third-order valence-corrected chi connectivity index (χ3v) is 4.11. The fourth-order valence-electron chi connectivity index (χ4n) is 1.86. The molecule has 0 saturated carbocycles. The highest BCUT2D eigenvalue weighted by molar-refractivity contribution is 7.99. The van der Waals surface area contributed by atoms with E-state index in [1.165, 1.54) is 20.9 Å². The van der Waals surface area contributed by atoms with Gasteiger partial charge in [0.1, 0.15) is 0 Å². The van der Waals surface area contributed by atoms with Gasteiger partial charge in [-0.25, -0.2) is 0 Å². The molecule has 0 unspecified atom stereocenters. The van der Waals surface area contributed by atoms with Crippen LogP contribution in [0.5, 0.6) is 0 Å². The summed E-state index contributed by atoms with van der Waals surface area (Å²) in [6.07, 6.45) is -0.398. The summed E-state index contributed by atoms with van der Waals surface area (Å²) < 4.78 is 0. The van der Waals surface area contributed by atoms with Gasteiger partial charge in [-0.2, -0.15) is 0 Å². The van der Waals surface area contributed by atoms with Gasteiger partial charge in [0.2, 0.25) is 0 Å². The molecule has 0 aromatic heterocycles. The molecule has 1 N–H and O–H groups in total. The second-order valence-corrected chi connectivity index (χ2v) is 5.73. The third kappa shape index (κ3) is 3.15. The molecule has 1 atom stereocenters. The highest BCUT2D eigenvalue weighted by atomic mass is 32.2. The highest BCUT2D eigenvalue weighted by Gasteiger charge is 2.03. The Balaban J connectivity index is 2.18. The van der Waals surface area contributed by atoms with E-state index in [0.29, 0.717) is 0 Å². The molecule has 0 bridgehead atoms. The van der Waals surface area contributed by atoms with Crippen molar-refractivity contribution in [2.45, 2.75) is 36.7 Å². The molecular formula is C16H18OS. The maximum atomic E-state index is 9.47. The first-order valence-electron chi connectivity index (χ1n) is 6.09. The van der Waals surface area contributed by atoms with Crippen LogP contribution < -0.4 is 0 Å². The van der Waals surface area contributed by atoms with Crippen LogP contribution in [0.4, 0.5) is 0 Å². The van der Waals surface area contributed by atoms with E-state index >= 15 is 0 Å². The fraction of sp³-hybridized carbons (Fsp3) is 0.250. The van der Waals surface area contributed by atoms with Gasteiger partial charge in [-0.15, -0.1) is 0 Å². The van der Waals surface area contributed by atoms with E-state index in [4.69, 9.17) is 0 Å². The Kier molecular flexibility index (Phi) is 4.10. The van der Waals surface area contributed by atoms with Crippen LogP contribution in [0.15, 0.2) is 52.3 Å². The minimum absolute atomic E-state index is 0.398. The lowest BCUT2D eigenvalue weighted by Crippen LogP contribution is -1.89. The first-order valence-corrected chi connectivity index (χ1v) is 6.91. The Labute approximate surface area is 113 Å². The Morgan fingerprint density at radius 1 is 1.00 bits per heavy atom. The van der Waals surface area contributed by atoms with Gasteiger partial charge in [0, 0.05) is 9.79 Å². The molecule has 0 saturated heterocycles. The molecule has 0 aliphatic heterocycles. The SMILES string of the molecule is Cc1ccc(Sc2ccc([C@H](C)O)cc2)c(C)c1. The lowest BCUT2D eigenvalue weighted by atomic mass is 10.1. The van der Waals surface area contributed by atoms with Gasteiger partial charge < -0.3 is 5.11 Å². The van der Waals surface area contributed by atoms with Crippen LogP contribution in [0.25, 0.3) is 0 Å². The minimum Gasteiger partial charge on any atom is -0.389 e. The predicted molar refractivity (Wildman–Crippen MR) is 77.1 cm³/mol. The van der Waals surface area contributed by atoms with Crippen LogP contribution >= 0.6 is 11.8 Å². The van der Waals surface area contributed by atoms with E-state index in [9.17, 15) is 5.11 Å². The summed E-state index contributed by atoms with van der Waals surface area (Å²) in [6.45, 7) is 6.03. The molecular weight excluding hydrogens is 240 g/mol. The monoisotopic (exact) mass is 258 g/mol. The van der Waals surface area contributed by atoms with Gasteiger partial charge in [0.15, 0.2) is 0 Å². The molecule has 2 rings (SSSR count). The summed E-state index contributed by atoms with van der Waals surface area (Å²) in [4.78, 5) is 2.48. The molecule has 2 heteroatoms. The van der Waals surface area contributed by atoms with Crippen LogP contribution in [-0.4, -0.2) is 5.11 Å². The van der Waals surface area contributed by atoms with E-state index < -0.39 is 6.10 Å². The first kappa shape index (κ1) is 13.2. The molecule has 0 amide bonds. The molecule has 94 valence electrons. The Morgan fingerprint density at radius 2 is 1.67 bits per heavy atom. The van der Waals surface area contributed by atoms with E-state index in [1.807, 2.05) is 12.1 Å². The van der Waals surface area contributed by atoms with Gasteiger partial charge in [0.05, 0.1) is 6.10 Å². The molecule has 1 nitrogen and oxygen atoms in total. The minimum atomic E-state index is -0.398. The van der Waals surface area contributed by atoms with Gasteiger partial charge in [-0.05, 0) is 50.1 Å². The van der Waals surface area contributed by atoms with Crippen LogP contribution in [0.2, 0.25) is 0 Å². The number of rotatable bonds is 3. The molecule has 2 aromatic rings. The van der Waals surface area contributed by atoms with Crippen molar-refractivity contribution in [3.8, 4) is 0 Å². The molecule has 0 spiro atoms. The molecule has 0 aliphatic carbocycles. The van der Waals surface area contributed by atoms with Gasteiger partial charge in [-0.1, -0.05) is 41.6 Å². The normalized spacial score (nSPS) is 12.4. The summed E-state index contributed by atoms with van der Waals surface area (Å²) >= 11 is 1.76. The summed E-state index contributed by atoms with van der Waals surface area (Å²) in [5.41, 5.74) is 3.56. The molecule has 18 heavy (non-hydrogen) atoms. The first-order chi connectivity index (χ1) is 8.56. The molecule has 0 heterocycles. The van der Waals surface area contributed by atoms with Crippen LogP contribution in [0, 0.1) is 13.8 Å². The number of aliphatic hydroxyl groups is 1. The number of aryl methyl sites for hydroxylation is 2. The van der Waals surface area contributed by atoms with Crippen LogP contribution in [-0.2, 0) is 0 Å². The Bertz CT molecular complexity index is 529. The molecule has 0 radical (unpaired) electrons. The van der Waals surface area contributed by atoms with Crippen molar-refractivity contribution < 1.29 is 5.11 Å². The highest BCUT2D eigenvalue weighted by Crippen LogP contribution is 2.31. The van der Waals surface area contributed by atoms with Gasteiger partial charge in [0.25, 0.3) is 0 Å². The zero-order valence-electron chi connectivity index (χ0n) is 11.0. The van der Waals surface area contributed by atoms with Crippen molar-refractivity contribution >= 4 is 11.8 Å². The molecule has 2 aromatic carbocycles. The number of benzene rings is 2. The summed E-state index contributed by atoms with van der Waals surface area (Å²) in [6, 6.07) is 14.6. The number of aliphatic hydroxyl groups excluding tert-OH is 1. The second-order valence-electron chi connectivity index (χ2n) is 4.62. The largest absolute Gasteiger partial charge is 0.389 e. The van der Waals surface area contributed by atoms with Crippen LogP contribution in [0.3, 0.4) is 0 Å². The maximum absolute atomic E-state index is 9.47. The van der Waals surface area contributed by atoms with Crippen molar-refractivity contribution in [2.24, 2.45) is 0 Å².